The van der Waals surface area contributed by atoms with Crippen molar-refractivity contribution in [1.82, 2.24) is 23.6 Å². The van der Waals surface area contributed by atoms with E-state index in [0.29, 0.717) is 31.7 Å². The Hall–Kier alpha value is -2.85. The SMILES string of the molecule is Cc1cc(N2CCOCC2)nc(N2CCN(C(=O)c3ccc4nsnc4c3)CC2)n1. The second kappa shape index (κ2) is 8.11. The van der Waals surface area contributed by atoms with Gasteiger partial charge in [-0.2, -0.15) is 13.7 Å². The van der Waals surface area contributed by atoms with Gasteiger partial charge >= 0.3 is 0 Å². The summed E-state index contributed by atoms with van der Waals surface area (Å²) in [6.45, 7) is 7.82. The first-order valence-electron chi connectivity index (χ1n) is 10.1. The Morgan fingerprint density at radius 1 is 0.933 bits per heavy atom. The second-order valence-electron chi connectivity index (χ2n) is 7.51. The van der Waals surface area contributed by atoms with Crippen LogP contribution in [0.2, 0.25) is 0 Å². The van der Waals surface area contributed by atoms with Crippen LogP contribution in [-0.2, 0) is 4.74 Å². The van der Waals surface area contributed by atoms with Crippen molar-refractivity contribution in [3.05, 3.63) is 35.5 Å². The van der Waals surface area contributed by atoms with Gasteiger partial charge in [0.05, 0.1) is 24.9 Å². The van der Waals surface area contributed by atoms with Gasteiger partial charge in [0.15, 0.2) is 0 Å². The number of carbonyl (C=O) groups excluding carboxylic acids is 1. The average Bonchev–Trinajstić information content (AvgIpc) is 3.27. The fraction of sp³-hybridized carbons (Fsp3) is 0.450. The molecule has 1 aromatic carbocycles. The number of rotatable bonds is 3. The molecule has 2 saturated heterocycles. The van der Waals surface area contributed by atoms with Gasteiger partial charge in [0, 0.05) is 56.6 Å². The molecule has 30 heavy (non-hydrogen) atoms. The van der Waals surface area contributed by atoms with Gasteiger partial charge < -0.3 is 19.4 Å². The Bertz CT molecular complexity index is 1060. The van der Waals surface area contributed by atoms with Gasteiger partial charge in [-0.05, 0) is 25.1 Å². The molecule has 156 valence electrons. The number of aromatic nitrogens is 4. The first kappa shape index (κ1) is 19.1. The van der Waals surface area contributed by atoms with E-state index in [1.807, 2.05) is 36.1 Å². The van der Waals surface area contributed by atoms with E-state index < -0.39 is 0 Å². The number of carbonyl (C=O) groups is 1. The number of hydrogen-bond acceptors (Lipinski definition) is 9. The molecule has 0 aliphatic carbocycles. The molecule has 2 aliphatic rings. The van der Waals surface area contributed by atoms with Crippen molar-refractivity contribution < 1.29 is 9.53 Å². The summed E-state index contributed by atoms with van der Waals surface area (Å²) in [5.41, 5.74) is 3.21. The van der Waals surface area contributed by atoms with E-state index in [-0.39, 0.29) is 5.91 Å². The van der Waals surface area contributed by atoms with Crippen LogP contribution in [0.5, 0.6) is 0 Å². The summed E-state index contributed by atoms with van der Waals surface area (Å²) >= 11 is 1.16. The van der Waals surface area contributed by atoms with Crippen LogP contribution >= 0.6 is 11.7 Å². The topological polar surface area (TPSA) is 87.6 Å². The minimum Gasteiger partial charge on any atom is -0.378 e. The van der Waals surface area contributed by atoms with Crippen molar-refractivity contribution >= 4 is 40.4 Å². The molecule has 9 nitrogen and oxygen atoms in total. The molecule has 2 aliphatic heterocycles. The van der Waals surface area contributed by atoms with Gasteiger partial charge in [-0.1, -0.05) is 0 Å². The number of aryl methyl sites for hydroxylation is 1. The van der Waals surface area contributed by atoms with Crippen LogP contribution in [0, 0.1) is 6.92 Å². The Labute approximate surface area is 178 Å². The van der Waals surface area contributed by atoms with Crippen LogP contribution < -0.4 is 9.80 Å². The number of morpholine rings is 1. The van der Waals surface area contributed by atoms with Crippen molar-refractivity contribution in [2.24, 2.45) is 0 Å². The van der Waals surface area contributed by atoms with Crippen LogP contribution in [-0.4, -0.2) is 82.0 Å². The number of nitrogens with zero attached hydrogens (tertiary/aromatic N) is 7. The zero-order valence-electron chi connectivity index (χ0n) is 16.8. The Kier molecular flexibility index (Phi) is 5.17. The quantitative estimate of drug-likeness (QED) is 0.625. The lowest BCUT2D eigenvalue weighted by atomic mass is 10.1. The Balaban J connectivity index is 1.27. The first-order chi connectivity index (χ1) is 14.7. The van der Waals surface area contributed by atoms with Crippen molar-refractivity contribution in [2.45, 2.75) is 6.92 Å². The monoisotopic (exact) mass is 425 g/mol. The molecule has 4 heterocycles. The number of anilines is 2. The van der Waals surface area contributed by atoms with Crippen LogP contribution in [0.3, 0.4) is 0 Å². The van der Waals surface area contributed by atoms with Crippen LogP contribution in [0.25, 0.3) is 11.0 Å². The van der Waals surface area contributed by atoms with Gasteiger partial charge in [-0.3, -0.25) is 4.79 Å². The van der Waals surface area contributed by atoms with E-state index >= 15 is 0 Å². The molecule has 0 unspecified atom stereocenters. The third-order valence-corrected chi connectivity index (χ3v) is 6.07. The molecule has 0 atom stereocenters. The van der Waals surface area contributed by atoms with Gasteiger partial charge in [-0.15, -0.1) is 0 Å². The molecule has 2 fully saturated rings. The zero-order valence-corrected chi connectivity index (χ0v) is 17.6. The standard InChI is InChI=1S/C20H23N7O2S/c1-14-12-18(25-8-10-29-11-9-25)22-20(21-14)27-6-4-26(5-7-27)19(28)15-2-3-16-17(13-15)24-30-23-16/h2-3,12-13H,4-11H2,1H3. The van der Waals surface area contributed by atoms with Gasteiger partial charge in [-0.25, -0.2) is 4.98 Å². The molecule has 2 aromatic heterocycles. The van der Waals surface area contributed by atoms with Gasteiger partial charge in [0.25, 0.3) is 5.91 Å². The highest BCUT2D eigenvalue weighted by Crippen LogP contribution is 2.21. The summed E-state index contributed by atoms with van der Waals surface area (Å²) in [6.07, 6.45) is 0. The Morgan fingerprint density at radius 2 is 1.70 bits per heavy atom. The normalized spacial score (nSPS) is 17.6. The maximum Gasteiger partial charge on any atom is 0.254 e. The summed E-state index contributed by atoms with van der Waals surface area (Å²) in [4.78, 5) is 28.7. The first-order valence-corrected chi connectivity index (χ1v) is 10.9. The van der Waals surface area contributed by atoms with Gasteiger partial charge in [0.1, 0.15) is 16.9 Å². The van der Waals surface area contributed by atoms with E-state index in [2.05, 4.69) is 23.5 Å². The predicted octanol–water partition coefficient (Wildman–Crippen LogP) is 1.59. The van der Waals surface area contributed by atoms with Crippen LogP contribution in [0.1, 0.15) is 16.1 Å². The third-order valence-electron chi connectivity index (χ3n) is 5.51. The number of benzene rings is 1. The van der Waals surface area contributed by atoms with E-state index in [4.69, 9.17) is 9.72 Å². The molecule has 0 N–H and O–H groups in total. The number of amides is 1. The fourth-order valence-corrected chi connectivity index (χ4v) is 4.36. The second-order valence-corrected chi connectivity index (χ2v) is 8.04. The largest absolute Gasteiger partial charge is 0.378 e. The molecule has 10 heteroatoms. The summed E-state index contributed by atoms with van der Waals surface area (Å²) in [5, 5.41) is 0. The molecule has 5 rings (SSSR count). The summed E-state index contributed by atoms with van der Waals surface area (Å²) in [5.74, 6) is 1.71. The molecule has 0 radical (unpaired) electrons. The third kappa shape index (κ3) is 3.80. The van der Waals surface area contributed by atoms with Crippen molar-refractivity contribution in [3.63, 3.8) is 0 Å². The number of piperazine rings is 1. The highest BCUT2D eigenvalue weighted by atomic mass is 32.1. The predicted molar refractivity (Wildman–Crippen MR) is 115 cm³/mol. The maximum absolute atomic E-state index is 12.9. The molecule has 1 amide bonds. The molecule has 0 bridgehead atoms. The molecule has 3 aromatic rings. The van der Waals surface area contributed by atoms with Crippen LogP contribution in [0.4, 0.5) is 11.8 Å². The highest BCUT2D eigenvalue weighted by Gasteiger charge is 2.25. The maximum atomic E-state index is 12.9. The minimum absolute atomic E-state index is 0.0312. The fourth-order valence-electron chi connectivity index (χ4n) is 3.84. The van der Waals surface area contributed by atoms with E-state index in [1.54, 1.807) is 0 Å². The van der Waals surface area contributed by atoms with Gasteiger partial charge in [0.2, 0.25) is 5.95 Å². The Morgan fingerprint density at radius 3 is 2.50 bits per heavy atom. The van der Waals surface area contributed by atoms with E-state index in [1.165, 1.54) is 0 Å². The van der Waals surface area contributed by atoms with E-state index in [0.717, 1.165) is 66.5 Å². The minimum atomic E-state index is 0.0312. The summed E-state index contributed by atoms with van der Waals surface area (Å²) in [6, 6.07) is 7.54. The summed E-state index contributed by atoms with van der Waals surface area (Å²) < 4.78 is 13.9. The van der Waals surface area contributed by atoms with Crippen molar-refractivity contribution in [3.8, 4) is 0 Å². The number of fused-ring (bicyclic) bond motifs is 1. The highest BCUT2D eigenvalue weighted by molar-refractivity contribution is 7.00. The van der Waals surface area contributed by atoms with E-state index in [9.17, 15) is 4.79 Å². The molecular formula is C20H23N7O2S. The zero-order chi connectivity index (χ0) is 20.5. The number of hydrogen-bond donors (Lipinski definition) is 0. The van der Waals surface area contributed by atoms with Crippen molar-refractivity contribution in [2.75, 3.05) is 62.3 Å². The smallest absolute Gasteiger partial charge is 0.254 e. The summed E-state index contributed by atoms with van der Waals surface area (Å²) in [7, 11) is 0. The lowest BCUT2D eigenvalue weighted by Crippen LogP contribution is -2.49. The molecular weight excluding hydrogens is 402 g/mol. The lowest BCUT2D eigenvalue weighted by molar-refractivity contribution is 0.0746. The molecule has 0 saturated carbocycles. The average molecular weight is 426 g/mol. The lowest BCUT2D eigenvalue weighted by Gasteiger charge is -2.35. The molecule has 0 spiro atoms. The van der Waals surface area contributed by atoms with Crippen LogP contribution in [0.15, 0.2) is 24.3 Å². The number of ether oxygens (including phenoxy) is 1. The van der Waals surface area contributed by atoms with Crippen molar-refractivity contribution in [1.29, 1.82) is 0 Å².